The van der Waals surface area contributed by atoms with E-state index in [1.807, 2.05) is 6.92 Å². The van der Waals surface area contributed by atoms with Crippen molar-refractivity contribution < 1.29 is 53.6 Å². The Morgan fingerprint density at radius 3 is 2.67 bits per heavy atom. The van der Waals surface area contributed by atoms with Gasteiger partial charge in [-0.25, -0.2) is 4.79 Å². The number of phenols is 1. The third kappa shape index (κ3) is 2.64. The first-order chi connectivity index (χ1) is 6.58. The summed E-state index contributed by atoms with van der Waals surface area (Å²) in [4.78, 5) is 11.0. The van der Waals surface area contributed by atoms with E-state index < -0.39 is 5.63 Å². The topological polar surface area (TPSA) is 50.4 Å². The molecule has 0 saturated heterocycles. The van der Waals surface area contributed by atoms with Gasteiger partial charge in [-0.3, -0.25) is 0 Å². The Hall–Kier alpha value is 0.152. The van der Waals surface area contributed by atoms with Gasteiger partial charge in [0.2, 0.25) is 0 Å². The van der Waals surface area contributed by atoms with Crippen LogP contribution in [0.5, 0.6) is 5.75 Å². The number of benzene rings is 1. The smallest absolute Gasteiger partial charge is 0.336 e. The molecule has 0 spiro atoms. The predicted octanol–water partition coefficient (Wildman–Crippen LogP) is 2.57. The van der Waals surface area contributed by atoms with E-state index in [1.165, 1.54) is 12.1 Å². The number of phenolic OH excluding ortho intramolecular Hbond substituents is 1. The number of aromatic hydroxyl groups is 1. The summed E-state index contributed by atoms with van der Waals surface area (Å²) in [6.07, 6.45) is 0. The molecule has 0 fully saturated rings. The van der Waals surface area contributed by atoms with Crippen molar-refractivity contribution >= 4 is 26.9 Å². The molecule has 0 aliphatic rings. The Bertz CT molecular complexity index is 562. The van der Waals surface area contributed by atoms with Gasteiger partial charge in [0.1, 0.15) is 11.3 Å². The van der Waals surface area contributed by atoms with E-state index in [-0.39, 0.29) is 49.8 Å². The maximum atomic E-state index is 11.0. The first kappa shape index (κ1) is 13.2. The quantitative estimate of drug-likeness (QED) is 0.588. The summed E-state index contributed by atoms with van der Waals surface area (Å²) < 4.78 is 5.53. The maximum Gasteiger partial charge on any atom is 0.336 e. The molecular weight excluding hydrogens is 475 g/mol. The average molecular weight is 482 g/mol. The molecule has 1 radical (unpaired) electrons. The molecule has 2 rings (SSSR count). The molecule has 0 bridgehead atoms. The fourth-order valence-electron chi connectivity index (χ4n) is 1.33. The molecule has 15 heavy (non-hydrogen) atoms. The van der Waals surface area contributed by atoms with Crippen molar-refractivity contribution in [2.75, 3.05) is 0 Å². The van der Waals surface area contributed by atoms with E-state index in [0.717, 1.165) is 10.9 Å². The number of fused-ring (bicyclic) bond motifs is 1. The van der Waals surface area contributed by atoms with Crippen molar-refractivity contribution in [3.63, 3.8) is 0 Å². The molecule has 0 aliphatic heterocycles. The fourth-order valence-corrected chi connectivity index (χ4v) is 1.67. The molecule has 1 aromatic heterocycles. The van der Waals surface area contributed by atoms with E-state index >= 15 is 0 Å². The number of hydrogen-bond acceptors (Lipinski definition) is 3. The largest absolute Gasteiger partial charge is 0.507 e. The van der Waals surface area contributed by atoms with Crippen LogP contribution in [-0.2, 0) is 0 Å². The second-order valence-corrected chi connectivity index (χ2v) is 3.90. The number of halogens is 1. The minimum Gasteiger partial charge on any atom is -0.507 e. The van der Waals surface area contributed by atoms with Crippen LogP contribution in [0.1, 0.15) is 5.56 Å². The summed E-state index contributed by atoms with van der Waals surface area (Å²) in [5.41, 5.74) is 0.823. The Morgan fingerprint density at radius 1 is 1.33 bits per heavy atom. The van der Waals surface area contributed by atoms with Crippen molar-refractivity contribution in [1.29, 1.82) is 0 Å². The Balaban J connectivity index is 0.00000112. The van der Waals surface area contributed by atoms with Crippen molar-refractivity contribution in [2.24, 2.45) is 0 Å². The van der Waals surface area contributed by atoms with Crippen LogP contribution in [0.3, 0.4) is 0 Å². The van der Waals surface area contributed by atoms with Crippen molar-refractivity contribution in [3.05, 3.63) is 38.7 Å². The van der Waals surface area contributed by atoms with Crippen molar-refractivity contribution in [2.45, 2.75) is 6.92 Å². The molecule has 2 aromatic rings. The molecule has 5 heteroatoms. The molecule has 3 nitrogen and oxygen atoms in total. The molecule has 0 atom stereocenters. The first-order valence-corrected chi connectivity index (χ1v) is 4.80. The SMILES string of the molecule is Cc1cc(=O)oc2cc(O)c(Br)cc12.[Ac]. The van der Waals surface area contributed by atoms with Gasteiger partial charge in [0.25, 0.3) is 0 Å². The third-order valence-electron chi connectivity index (χ3n) is 2.02. The van der Waals surface area contributed by atoms with Crippen LogP contribution in [0, 0.1) is 51.0 Å². The Labute approximate surface area is 130 Å². The molecule has 0 unspecified atom stereocenters. The van der Waals surface area contributed by atoms with Gasteiger partial charge >= 0.3 is 5.63 Å². The molecule has 75 valence electrons. The van der Waals surface area contributed by atoms with Crippen molar-refractivity contribution in [3.8, 4) is 5.75 Å². The van der Waals surface area contributed by atoms with Gasteiger partial charge in [0, 0.05) is 61.6 Å². The molecule has 1 heterocycles. The second-order valence-electron chi connectivity index (χ2n) is 3.05. The average Bonchev–Trinajstić information content (AvgIpc) is 2.08. The zero-order valence-corrected chi connectivity index (χ0v) is 14.3. The van der Waals surface area contributed by atoms with Gasteiger partial charge in [-0.1, -0.05) is 0 Å². The van der Waals surface area contributed by atoms with Crippen LogP contribution >= 0.6 is 15.9 Å². The fraction of sp³-hybridized carbons (Fsp3) is 0.100. The molecule has 0 aliphatic carbocycles. The summed E-state index contributed by atoms with van der Waals surface area (Å²) >= 11 is 3.20. The zero-order valence-electron chi connectivity index (χ0n) is 7.95. The minimum absolute atomic E-state index is 0. The van der Waals surface area contributed by atoms with E-state index in [9.17, 15) is 9.90 Å². The molecular formula is C10H7AcBrO3. The normalized spacial score (nSPS) is 10.0. The van der Waals surface area contributed by atoms with Crippen LogP contribution in [0.2, 0.25) is 0 Å². The Morgan fingerprint density at radius 2 is 2.00 bits per heavy atom. The van der Waals surface area contributed by atoms with Crippen LogP contribution in [0.25, 0.3) is 11.0 Å². The number of rotatable bonds is 0. The minimum atomic E-state index is -0.406. The maximum absolute atomic E-state index is 11.0. The summed E-state index contributed by atoms with van der Waals surface area (Å²) in [6.45, 7) is 1.82. The van der Waals surface area contributed by atoms with Gasteiger partial charge in [-0.15, -0.1) is 0 Å². The molecule has 1 N–H and O–H groups in total. The Kier molecular flexibility index (Phi) is 4.40. The second kappa shape index (κ2) is 4.99. The summed E-state index contributed by atoms with van der Waals surface area (Å²) in [5, 5.41) is 10.2. The third-order valence-corrected chi connectivity index (χ3v) is 2.65. The van der Waals surface area contributed by atoms with E-state index in [4.69, 9.17) is 4.42 Å². The van der Waals surface area contributed by atoms with Gasteiger partial charge in [-0.05, 0) is 34.5 Å². The first-order valence-electron chi connectivity index (χ1n) is 4.01. The summed E-state index contributed by atoms with van der Waals surface area (Å²) in [5.74, 6) is 0.0613. The standard InChI is InChI=1S/C10H7BrO3.Ac/c1-5-2-10(13)14-9-4-8(12)7(11)3-6(5)9;/h2-4,12H,1H3;. The van der Waals surface area contributed by atoms with Crippen LogP contribution in [0.4, 0.5) is 0 Å². The van der Waals surface area contributed by atoms with E-state index in [0.29, 0.717) is 10.1 Å². The predicted molar refractivity (Wildman–Crippen MR) is 56.6 cm³/mol. The van der Waals surface area contributed by atoms with Gasteiger partial charge in [-0.2, -0.15) is 0 Å². The van der Waals surface area contributed by atoms with Gasteiger partial charge < -0.3 is 9.52 Å². The number of hydrogen-bond donors (Lipinski definition) is 1. The van der Waals surface area contributed by atoms with E-state index in [2.05, 4.69) is 15.9 Å². The van der Waals surface area contributed by atoms with Crippen molar-refractivity contribution in [1.82, 2.24) is 0 Å². The van der Waals surface area contributed by atoms with Gasteiger partial charge in [0.15, 0.2) is 0 Å². The zero-order chi connectivity index (χ0) is 10.3. The molecule has 0 amide bonds. The van der Waals surface area contributed by atoms with Crippen LogP contribution in [0.15, 0.2) is 31.9 Å². The van der Waals surface area contributed by atoms with Crippen LogP contribution < -0.4 is 5.63 Å². The summed E-state index contributed by atoms with van der Waals surface area (Å²) in [7, 11) is 0. The molecule has 0 saturated carbocycles. The molecule has 1 aromatic carbocycles. The van der Waals surface area contributed by atoms with Crippen LogP contribution in [-0.4, -0.2) is 5.11 Å². The van der Waals surface area contributed by atoms with E-state index in [1.54, 1.807) is 6.07 Å². The monoisotopic (exact) mass is 481 g/mol. The summed E-state index contributed by atoms with van der Waals surface area (Å²) in [6, 6.07) is 4.57. The van der Waals surface area contributed by atoms with Gasteiger partial charge in [0.05, 0.1) is 4.47 Å². The number of aryl methyl sites for hydroxylation is 1.